The SMILES string of the molecule is CC(C)[C@@H]1C[C@@H](C(=O)NC(CC2CCC2)C(=O)C(=O)NC2CC2)N(C(=O)[C@@H](NC(=O)[C@@H](NC(=O)c2cccs2)C2CCCCC2)C2(C)CCCCC2)C1. The van der Waals surface area contributed by atoms with Crippen LogP contribution in [-0.2, 0) is 24.0 Å². The van der Waals surface area contributed by atoms with Crippen LogP contribution in [0.4, 0.5) is 0 Å². The normalized spacial score (nSPS) is 25.1. The lowest BCUT2D eigenvalue weighted by Crippen LogP contribution is -2.63. The van der Waals surface area contributed by atoms with E-state index in [0.29, 0.717) is 24.3 Å². The maximum atomic E-state index is 15.1. The predicted octanol–water partition coefficient (Wildman–Crippen LogP) is 5.28. The standard InChI is InChI=1S/C41H61N5O6S/c1-25(2)28-23-31(36(48)43-30(22-26-12-10-13-26)34(47)39(51)42-29-17-18-29)46(24-28)40(52)35(41(3)19-8-5-9-20-41)45-38(50)33(27-14-6-4-7-15-27)44-37(49)32-16-11-21-53-32/h11,16,21,25-31,33,35H,4-10,12-15,17-20,22-24H2,1-3H3,(H,42,51)(H,43,48)(H,44,49)(H,45,50)/t28-,30?,31+,33+,35-/m1/s1. The van der Waals surface area contributed by atoms with Gasteiger partial charge < -0.3 is 26.2 Å². The second-order valence-corrected chi connectivity index (χ2v) is 18.4. The first-order valence-electron chi connectivity index (χ1n) is 20.5. The van der Waals surface area contributed by atoms with E-state index in [2.05, 4.69) is 42.0 Å². The molecule has 6 rings (SSSR count). The maximum absolute atomic E-state index is 15.1. The summed E-state index contributed by atoms with van der Waals surface area (Å²) in [5, 5.41) is 13.9. The van der Waals surface area contributed by atoms with Gasteiger partial charge in [0.05, 0.1) is 10.9 Å². The van der Waals surface area contributed by atoms with Gasteiger partial charge in [0, 0.05) is 12.6 Å². The molecule has 0 bridgehead atoms. The Bertz CT molecular complexity index is 1480. The third kappa shape index (κ3) is 9.70. The molecule has 0 spiro atoms. The van der Waals surface area contributed by atoms with Gasteiger partial charge in [0.25, 0.3) is 11.8 Å². The van der Waals surface area contributed by atoms with Gasteiger partial charge in [-0.3, -0.25) is 28.8 Å². The van der Waals surface area contributed by atoms with Crippen LogP contribution in [0, 0.1) is 29.1 Å². The van der Waals surface area contributed by atoms with Crippen LogP contribution >= 0.6 is 11.3 Å². The van der Waals surface area contributed by atoms with E-state index in [1.54, 1.807) is 11.0 Å². The van der Waals surface area contributed by atoms with Gasteiger partial charge in [0.1, 0.15) is 18.1 Å². The zero-order chi connectivity index (χ0) is 37.7. The third-order valence-corrected chi connectivity index (χ3v) is 14.0. The highest BCUT2D eigenvalue weighted by Crippen LogP contribution is 2.41. The minimum absolute atomic E-state index is 0.0243. The number of hydrogen-bond donors (Lipinski definition) is 4. The first-order valence-corrected chi connectivity index (χ1v) is 21.4. The molecule has 1 unspecified atom stereocenters. The number of thiophene rings is 1. The summed E-state index contributed by atoms with van der Waals surface area (Å²) in [5.41, 5.74) is -0.541. The zero-order valence-corrected chi connectivity index (χ0v) is 32.8. The molecule has 1 aliphatic heterocycles. The lowest BCUT2D eigenvalue weighted by Gasteiger charge is -2.43. The average molecular weight is 752 g/mol. The van der Waals surface area contributed by atoms with Gasteiger partial charge in [-0.1, -0.05) is 84.6 Å². The van der Waals surface area contributed by atoms with Crippen molar-refractivity contribution in [3.8, 4) is 0 Å². The molecular formula is C41H61N5O6S. The lowest BCUT2D eigenvalue weighted by molar-refractivity contribution is -0.146. The largest absolute Gasteiger partial charge is 0.347 e. The molecular weight excluding hydrogens is 691 g/mol. The monoisotopic (exact) mass is 751 g/mol. The molecule has 5 atom stereocenters. The van der Waals surface area contributed by atoms with E-state index in [9.17, 15) is 24.0 Å². The van der Waals surface area contributed by atoms with Crippen LogP contribution in [0.25, 0.3) is 0 Å². The topological polar surface area (TPSA) is 154 Å². The van der Waals surface area contributed by atoms with E-state index in [1.807, 2.05) is 11.4 Å². The molecule has 12 heteroatoms. The number of rotatable bonds is 15. The first kappa shape index (κ1) is 39.4. The van der Waals surface area contributed by atoms with Crippen LogP contribution in [0.5, 0.6) is 0 Å². The zero-order valence-electron chi connectivity index (χ0n) is 32.0. The van der Waals surface area contributed by atoms with Gasteiger partial charge in [0.2, 0.25) is 23.5 Å². The smallest absolute Gasteiger partial charge is 0.289 e. The van der Waals surface area contributed by atoms with Crippen molar-refractivity contribution in [1.29, 1.82) is 0 Å². The third-order valence-electron chi connectivity index (χ3n) is 13.1. The minimum atomic E-state index is -0.948. The molecule has 5 fully saturated rings. The Hall–Kier alpha value is -3.28. The first-order chi connectivity index (χ1) is 25.4. The van der Waals surface area contributed by atoms with Crippen LogP contribution in [-0.4, -0.2) is 77.0 Å². The quantitative estimate of drug-likeness (QED) is 0.179. The van der Waals surface area contributed by atoms with Crippen molar-refractivity contribution >= 4 is 46.7 Å². The van der Waals surface area contributed by atoms with Gasteiger partial charge in [-0.05, 0) is 91.9 Å². The molecule has 5 amide bonds. The van der Waals surface area contributed by atoms with Crippen molar-refractivity contribution in [2.75, 3.05) is 6.54 Å². The summed E-state index contributed by atoms with van der Waals surface area (Å²) in [6.07, 6.45) is 14.7. The second kappa shape index (κ2) is 17.5. The highest BCUT2D eigenvalue weighted by molar-refractivity contribution is 7.12. The van der Waals surface area contributed by atoms with Crippen LogP contribution in [0.3, 0.4) is 0 Å². The number of carbonyl (C=O) groups excluding carboxylic acids is 6. The number of Topliss-reactive ketones (excluding diaryl/α,β-unsaturated/α-hetero) is 1. The fourth-order valence-corrected chi connectivity index (χ4v) is 9.74. The van der Waals surface area contributed by atoms with Crippen molar-refractivity contribution < 1.29 is 28.8 Å². The van der Waals surface area contributed by atoms with Crippen molar-refractivity contribution in [3.63, 3.8) is 0 Å². The highest BCUT2D eigenvalue weighted by atomic mass is 32.1. The summed E-state index contributed by atoms with van der Waals surface area (Å²) in [6.45, 7) is 6.62. The molecule has 0 radical (unpaired) electrons. The molecule has 2 heterocycles. The molecule has 5 aliphatic rings. The van der Waals surface area contributed by atoms with Gasteiger partial charge in [0.15, 0.2) is 0 Å². The fourth-order valence-electron chi connectivity index (χ4n) is 9.11. The van der Waals surface area contributed by atoms with Crippen molar-refractivity contribution in [3.05, 3.63) is 22.4 Å². The fraction of sp³-hybridized carbons (Fsp3) is 0.756. The Morgan fingerprint density at radius 3 is 2.15 bits per heavy atom. The van der Waals surface area contributed by atoms with Gasteiger partial charge in [-0.15, -0.1) is 11.3 Å². The van der Waals surface area contributed by atoms with Crippen LogP contribution in [0.1, 0.15) is 140 Å². The molecule has 4 saturated carbocycles. The average Bonchev–Trinajstić information content (AvgIpc) is 3.56. The van der Waals surface area contributed by atoms with Crippen LogP contribution in [0.15, 0.2) is 17.5 Å². The molecule has 4 aliphatic carbocycles. The minimum Gasteiger partial charge on any atom is -0.347 e. The number of nitrogens with one attached hydrogen (secondary N) is 4. The Morgan fingerprint density at radius 1 is 0.849 bits per heavy atom. The van der Waals surface area contributed by atoms with E-state index >= 15 is 4.79 Å². The van der Waals surface area contributed by atoms with Gasteiger partial charge in [-0.25, -0.2) is 0 Å². The van der Waals surface area contributed by atoms with Crippen molar-refractivity contribution in [2.24, 2.45) is 29.1 Å². The number of ketones is 1. The molecule has 292 valence electrons. The van der Waals surface area contributed by atoms with Crippen molar-refractivity contribution in [1.82, 2.24) is 26.2 Å². The molecule has 0 aromatic carbocycles. The van der Waals surface area contributed by atoms with E-state index in [-0.39, 0.29) is 47.4 Å². The Kier molecular flexibility index (Phi) is 13.0. The summed E-state index contributed by atoms with van der Waals surface area (Å²) < 4.78 is 0. The summed E-state index contributed by atoms with van der Waals surface area (Å²) in [6, 6.07) is 0.130. The lowest BCUT2D eigenvalue weighted by atomic mass is 9.69. The molecule has 11 nitrogen and oxygen atoms in total. The van der Waals surface area contributed by atoms with E-state index in [0.717, 1.165) is 96.3 Å². The number of hydrogen-bond acceptors (Lipinski definition) is 7. The van der Waals surface area contributed by atoms with Gasteiger partial charge >= 0.3 is 0 Å². The molecule has 1 saturated heterocycles. The molecule has 1 aromatic heterocycles. The maximum Gasteiger partial charge on any atom is 0.289 e. The molecule has 1 aromatic rings. The number of carbonyl (C=O) groups is 6. The molecule has 4 N–H and O–H groups in total. The number of nitrogens with zero attached hydrogens (tertiary/aromatic N) is 1. The Labute approximate surface area is 318 Å². The van der Waals surface area contributed by atoms with Crippen LogP contribution < -0.4 is 21.3 Å². The second-order valence-electron chi connectivity index (χ2n) is 17.4. The number of likely N-dealkylation sites (tertiary alicyclic amines) is 1. The van der Waals surface area contributed by atoms with Gasteiger partial charge in [-0.2, -0.15) is 0 Å². The summed E-state index contributed by atoms with van der Waals surface area (Å²) in [7, 11) is 0. The van der Waals surface area contributed by atoms with E-state index in [1.165, 1.54) is 11.3 Å². The summed E-state index contributed by atoms with van der Waals surface area (Å²) in [5.74, 6) is -2.13. The Balaban J connectivity index is 1.25. The summed E-state index contributed by atoms with van der Waals surface area (Å²) in [4.78, 5) is 85.8. The predicted molar refractivity (Wildman–Crippen MR) is 204 cm³/mol. The summed E-state index contributed by atoms with van der Waals surface area (Å²) >= 11 is 1.33. The van der Waals surface area contributed by atoms with E-state index in [4.69, 9.17) is 0 Å². The van der Waals surface area contributed by atoms with Crippen LogP contribution in [0.2, 0.25) is 0 Å². The Morgan fingerprint density at radius 2 is 1.55 bits per heavy atom. The van der Waals surface area contributed by atoms with Crippen molar-refractivity contribution in [2.45, 2.75) is 160 Å². The van der Waals surface area contributed by atoms with E-state index < -0.39 is 47.2 Å². The highest BCUT2D eigenvalue weighted by Gasteiger charge is 2.49. The number of amides is 5. The molecule has 53 heavy (non-hydrogen) atoms.